The lowest BCUT2D eigenvalue weighted by molar-refractivity contribution is -0.461. The Balaban J connectivity index is 6.15. The van der Waals surface area contributed by atoms with E-state index < -0.39 is 83.8 Å². The van der Waals surface area contributed by atoms with Crippen LogP contribution in [-0.4, -0.2) is 62.7 Å². The van der Waals surface area contributed by atoms with Gasteiger partial charge in [0.1, 0.15) is 0 Å². The number of hydrogen-bond acceptors (Lipinski definition) is 3. The summed E-state index contributed by atoms with van der Waals surface area (Å²) in [5.74, 6) is -56.7. The van der Waals surface area contributed by atoms with Gasteiger partial charge in [0, 0.05) is 6.42 Å². The Labute approximate surface area is 177 Å². The molecule has 0 aliphatic heterocycles. The van der Waals surface area contributed by atoms with E-state index in [9.17, 15) is 83.1 Å². The van der Waals surface area contributed by atoms with Gasteiger partial charge in [-0.2, -0.15) is 83.1 Å². The summed E-state index contributed by atoms with van der Waals surface area (Å²) in [4.78, 5) is 0. The fourth-order valence-electron chi connectivity index (χ4n) is 1.98. The number of hydrogen-bond donors (Lipinski definition) is 1. The molecule has 0 atom stereocenters. The Bertz CT molecular complexity index is 820. The van der Waals surface area contributed by atoms with E-state index in [0.29, 0.717) is 0 Å². The number of unbranched alkanes of at least 4 members (excludes halogenated alkanes) is 1. The van der Waals surface area contributed by atoms with Crippen molar-refractivity contribution in [3.63, 3.8) is 0 Å². The molecule has 22 heteroatoms. The van der Waals surface area contributed by atoms with Crippen molar-refractivity contribution in [3.05, 3.63) is 0 Å². The van der Waals surface area contributed by atoms with E-state index in [-0.39, 0.29) is 0 Å². The van der Waals surface area contributed by atoms with E-state index in [0.717, 1.165) is 0 Å². The highest BCUT2D eigenvalue weighted by Crippen LogP contribution is 2.64. The summed E-state index contributed by atoms with van der Waals surface area (Å²) < 4.78 is 246. The molecule has 2 N–H and O–H groups in total. The maximum atomic E-state index is 13.5. The van der Waals surface area contributed by atoms with Gasteiger partial charge in [-0.25, -0.2) is 5.14 Å². The predicted octanol–water partition coefficient (Wildman–Crippen LogP) is 5.39. The zero-order valence-corrected chi connectivity index (χ0v) is 16.3. The summed E-state index contributed by atoms with van der Waals surface area (Å²) in [7, 11) is -4.71. The second kappa shape index (κ2) is 8.96. The van der Waals surface area contributed by atoms with Crippen LogP contribution < -0.4 is 5.14 Å². The van der Waals surface area contributed by atoms with Crippen LogP contribution in [0.3, 0.4) is 0 Å². The molecule has 0 aliphatic carbocycles. The molecule has 4 nitrogen and oxygen atoms in total. The van der Waals surface area contributed by atoms with Crippen LogP contribution in [-0.2, 0) is 14.5 Å². The first-order valence-electron chi connectivity index (χ1n) is 7.84. The fourth-order valence-corrected chi connectivity index (χ4v) is 2.33. The molecule has 0 aliphatic rings. The first-order chi connectivity index (χ1) is 14.5. The van der Waals surface area contributed by atoms with Crippen molar-refractivity contribution in [1.29, 1.82) is 0 Å². The molecule has 0 saturated carbocycles. The van der Waals surface area contributed by atoms with Crippen molar-refractivity contribution in [2.24, 2.45) is 5.14 Å². The summed E-state index contributed by atoms with van der Waals surface area (Å²) in [6, 6.07) is 0. The van der Waals surface area contributed by atoms with Crippen molar-refractivity contribution in [2.75, 3.05) is 6.61 Å². The molecular weight excluding hydrogens is 561 g/mol. The van der Waals surface area contributed by atoms with Crippen molar-refractivity contribution >= 4 is 10.3 Å². The Kier molecular flexibility index (Phi) is 8.61. The molecule has 206 valence electrons. The Morgan fingerprint density at radius 2 is 0.853 bits per heavy atom. The van der Waals surface area contributed by atoms with Crippen molar-refractivity contribution in [2.45, 2.75) is 66.9 Å². The van der Waals surface area contributed by atoms with Gasteiger partial charge in [0.05, 0.1) is 6.61 Å². The molecule has 0 amide bonds. The number of nitrogens with two attached hydrogens (primary N) is 1. The van der Waals surface area contributed by atoms with Gasteiger partial charge < -0.3 is 0 Å². The summed E-state index contributed by atoms with van der Waals surface area (Å²) in [6.07, 6.45) is -13.0. The molecule has 0 aromatic heterocycles. The highest BCUT2D eigenvalue weighted by atomic mass is 32.2. The van der Waals surface area contributed by atoms with E-state index in [2.05, 4.69) is 9.32 Å². The van der Waals surface area contributed by atoms with Crippen LogP contribution in [0.1, 0.15) is 19.3 Å². The van der Waals surface area contributed by atoms with Gasteiger partial charge in [0.2, 0.25) is 0 Å². The van der Waals surface area contributed by atoms with Gasteiger partial charge in [0.15, 0.2) is 0 Å². The second-order valence-corrected chi connectivity index (χ2v) is 7.64. The third-order valence-electron chi connectivity index (χ3n) is 3.92. The molecule has 0 unspecified atom stereocenters. The Hall–Kier alpha value is -1.32. The highest BCUT2D eigenvalue weighted by Gasteiger charge is 2.95. The molecule has 0 rings (SSSR count). The van der Waals surface area contributed by atoms with Crippen molar-refractivity contribution < 1.29 is 87.2 Å². The molecule has 0 aromatic carbocycles. The first-order valence-corrected chi connectivity index (χ1v) is 9.31. The standard InChI is InChI=1S/C12H10F17NO3S/c13-5(14,3-1-2-4-33-34(30,31)32)6(15,16)7(17,18)8(19,20)9(21,22)10(23,24)11(25,26)12(27,28)29/h1-4H2,(H2,30,31,32). The Morgan fingerprint density at radius 1 is 0.529 bits per heavy atom. The van der Waals surface area contributed by atoms with Crippen LogP contribution in [0.25, 0.3) is 0 Å². The van der Waals surface area contributed by atoms with Crippen LogP contribution in [0.15, 0.2) is 0 Å². The fraction of sp³-hybridized carbons (Fsp3) is 1.00. The summed E-state index contributed by atoms with van der Waals surface area (Å²) in [6.45, 7) is -1.18. The lowest BCUT2D eigenvalue weighted by Gasteiger charge is -2.42. The average Bonchev–Trinajstić information content (AvgIpc) is 2.58. The average molecular weight is 571 g/mol. The summed E-state index contributed by atoms with van der Waals surface area (Å²) in [5.41, 5.74) is 0. The third kappa shape index (κ3) is 5.26. The molecule has 0 saturated heterocycles. The number of alkyl halides is 17. The third-order valence-corrected chi connectivity index (χ3v) is 4.41. The maximum Gasteiger partial charge on any atom is 0.460 e. The minimum Gasteiger partial charge on any atom is -0.258 e. The monoisotopic (exact) mass is 571 g/mol. The molecule has 0 bridgehead atoms. The van der Waals surface area contributed by atoms with E-state index in [1.165, 1.54) is 0 Å². The van der Waals surface area contributed by atoms with Crippen LogP contribution in [0.2, 0.25) is 0 Å². The van der Waals surface area contributed by atoms with Crippen LogP contribution in [0.5, 0.6) is 0 Å². The molecular formula is C12H10F17NO3S. The SMILES string of the molecule is NS(=O)(=O)OCCCCC(F)(F)C(F)(F)C(F)(F)C(F)(F)C(F)(F)C(F)(F)C(F)(F)C(F)(F)F. The van der Waals surface area contributed by atoms with Crippen LogP contribution in [0, 0.1) is 0 Å². The first kappa shape index (κ1) is 32.7. The normalized spacial score (nSPS) is 16.2. The topological polar surface area (TPSA) is 69.4 Å². The van der Waals surface area contributed by atoms with E-state index in [4.69, 9.17) is 0 Å². The smallest absolute Gasteiger partial charge is 0.258 e. The van der Waals surface area contributed by atoms with Gasteiger partial charge in [-0.3, -0.25) is 4.18 Å². The van der Waals surface area contributed by atoms with Gasteiger partial charge in [-0.15, -0.1) is 0 Å². The minimum absolute atomic E-state index is 1.06. The van der Waals surface area contributed by atoms with Crippen molar-refractivity contribution in [1.82, 2.24) is 0 Å². The quantitative estimate of drug-likeness (QED) is 0.253. The highest BCUT2D eigenvalue weighted by molar-refractivity contribution is 7.84. The number of rotatable bonds is 12. The molecule has 0 spiro atoms. The van der Waals surface area contributed by atoms with E-state index in [1.54, 1.807) is 0 Å². The maximum absolute atomic E-state index is 13.5. The van der Waals surface area contributed by atoms with Gasteiger partial charge >= 0.3 is 57.9 Å². The minimum atomic E-state index is -8.68. The van der Waals surface area contributed by atoms with Crippen LogP contribution >= 0.6 is 0 Å². The van der Waals surface area contributed by atoms with E-state index >= 15 is 0 Å². The second-order valence-electron chi connectivity index (χ2n) is 6.42. The lowest BCUT2D eigenvalue weighted by Crippen LogP contribution is -2.74. The molecule has 0 heterocycles. The van der Waals surface area contributed by atoms with Gasteiger partial charge in [-0.05, 0) is 12.8 Å². The van der Waals surface area contributed by atoms with Gasteiger partial charge in [-0.1, -0.05) is 0 Å². The molecule has 0 aromatic rings. The zero-order valence-electron chi connectivity index (χ0n) is 15.5. The largest absolute Gasteiger partial charge is 0.460 e. The van der Waals surface area contributed by atoms with Crippen LogP contribution in [0.4, 0.5) is 74.6 Å². The predicted molar refractivity (Wildman–Crippen MR) is 73.6 cm³/mol. The van der Waals surface area contributed by atoms with Gasteiger partial charge in [0.25, 0.3) is 0 Å². The summed E-state index contributed by atoms with van der Waals surface area (Å²) >= 11 is 0. The zero-order chi connectivity index (χ0) is 28.0. The summed E-state index contributed by atoms with van der Waals surface area (Å²) in [5, 5.41) is 4.25. The molecule has 0 fully saturated rings. The lowest BCUT2D eigenvalue weighted by atomic mass is 9.88. The number of halogens is 17. The Morgan fingerprint density at radius 3 is 1.18 bits per heavy atom. The molecule has 0 radical (unpaired) electrons. The molecule has 34 heavy (non-hydrogen) atoms. The van der Waals surface area contributed by atoms with Crippen molar-refractivity contribution in [3.8, 4) is 0 Å². The van der Waals surface area contributed by atoms with E-state index in [1.807, 2.05) is 0 Å².